The largest absolute Gasteiger partial charge is 0.378 e. The van der Waals surface area contributed by atoms with E-state index in [0.717, 1.165) is 31.5 Å². The Morgan fingerprint density at radius 1 is 1.11 bits per heavy atom. The summed E-state index contributed by atoms with van der Waals surface area (Å²) in [5, 5.41) is 12.7. The zero-order valence-electron chi connectivity index (χ0n) is 19.5. The van der Waals surface area contributed by atoms with Crippen LogP contribution in [-0.4, -0.2) is 48.4 Å². The predicted molar refractivity (Wildman–Crippen MR) is 131 cm³/mol. The van der Waals surface area contributed by atoms with Gasteiger partial charge < -0.3 is 15.0 Å². The number of hydrogen-bond donors (Lipinski definition) is 1. The molecule has 1 N–H and O–H groups in total. The lowest BCUT2D eigenvalue weighted by molar-refractivity contribution is 0.122. The second-order valence-electron chi connectivity index (χ2n) is 9.05. The predicted octanol–water partition coefficient (Wildman–Crippen LogP) is 3.16. The average Bonchev–Trinajstić information content (AvgIpc) is 3.68. The molecule has 1 saturated carbocycles. The Morgan fingerprint density at radius 3 is 2.57 bits per heavy atom. The van der Waals surface area contributed by atoms with E-state index < -0.39 is 0 Å². The number of ether oxygens (including phenoxy) is 1. The van der Waals surface area contributed by atoms with E-state index in [4.69, 9.17) is 15.0 Å². The van der Waals surface area contributed by atoms with Crippen LogP contribution < -0.4 is 15.8 Å². The molecule has 2 fully saturated rings. The molecule has 0 bridgehead atoms. The monoisotopic (exact) mass is 473 g/mol. The van der Waals surface area contributed by atoms with Gasteiger partial charge in [0, 0.05) is 36.9 Å². The van der Waals surface area contributed by atoms with Gasteiger partial charge in [0.2, 0.25) is 0 Å². The van der Waals surface area contributed by atoms with Gasteiger partial charge in [-0.25, -0.2) is 9.37 Å². The maximum absolute atomic E-state index is 13.3. The highest BCUT2D eigenvalue weighted by Gasteiger charge is 2.37. The van der Waals surface area contributed by atoms with Gasteiger partial charge in [0.1, 0.15) is 5.82 Å². The number of rotatable bonds is 8. The SMILES string of the molecule is N#Cc1ccc(-n2cc(CCCN[C@@H]3C[C@H]3c3ccc(F)cc3)nc(N3CCOCC3)c2=O)cc1. The molecule has 2 atom stereocenters. The number of nitrogens with one attached hydrogen (secondary N) is 1. The van der Waals surface area contributed by atoms with E-state index in [0.29, 0.717) is 55.3 Å². The standard InChI is InChI=1S/C27H28FN5O2/c28-21-7-5-20(6-8-21)24-16-25(24)30-11-1-2-22-18-33(23-9-3-19(17-29)4-10-23)27(34)26(31-22)32-12-14-35-15-13-32/h3-10,18,24-25,30H,1-2,11-16H2/t24-,25+/m0/s1. The number of benzene rings is 2. The Balaban J connectivity index is 1.27. The van der Waals surface area contributed by atoms with Crippen molar-refractivity contribution in [3.05, 3.63) is 87.7 Å². The van der Waals surface area contributed by atoms with Gasteiger partial charge in [-0.05, 0) is 67.8 Å². The Bertz CT molecular complexity index is 1260. The Labute approximate surface area is 203 Å². The third kappa shape index (κ3) is 5.42. The minimum Gasteiger partial charge on any atom is -0.378 e. The fraction of sp³-hybridized carbons (Fsp3) is 0.370. The molecule has 2 aliphatic rings. The van der Waals surface area contributed by atoms with Crippen LogP contribution in [0.15, 0.2) is 59.5 Å². The first-order chi connectivity index (χ1) is 17.1. The first kappa shape index (κ1) is 23.2. The maximum Gasteiger partial charge on any atom is 0.298 e. The molecular formula is C27H28FN5O2. The second kappa shape index (κ2) is 10.4. The van der Waals surface area contributed by atoms with E-state index in [1.807, 2.05) is 23.2 Å². The second-order valence-corrected chi connectivity index (χ2v) is 9.05. The van der Waals surface area contributed by atoms with Crippen LogP contribution >= 0.6 is 0 Å². The van der Waals surface area contributed by atoms with Gasteiger partial charge in [-0.2, -0.15) is 5.26 Å². The number of aromatic nitrogens is 2. The van der Waals surface area contributed by atoms with Crippen molar-refractivity contribution in [3.8, 4) is 11.8 Å². The number of hydrogen-bond acceptors (Lipinski definition) is 6. The van der Waals surface area contributed by atoms with Crippen LogP contribution in [0.5, 0.6) is 0 Å². The Morgan fingerprint density at radius 2 is 1.86 bits per heavy atom. The lowest BCUT2D eigenvalue weighted by Crippen LogP contribution is -2.41. The van der Waals surface area contributed by atoms with Crippen LogP contribution in [0.25, 0.3) is 5.69 Å². The minimum absolute atomic E-state index is 0.168. The summed E-state index contributed by atoms with van der Waals surface area (Å²) in [6.07, 6.45) is 4.49. The van der Waals surface area contributed by atoms with Crippen molar-refractivity contribution >= 4 is 5.82 Å². The van der Waals surface area contributed by atoms with Crippen molar-refractivity contribution in [1.82, 2.24) is 14.9 Å². The smallest absolute Gasteiger partial charge is 0.298 e. The highest BCUT2D eigenvalue weighted by molar-refractivity contribution is 5.44. The summed E-state index contributed by atoms with van der Waals surface area (Å²) >= 11 is 0. The van der Waals surface area contributed by atoms with Crippen molar-refractivity contribution in [2.24, 2.45) is 0 Å². The molecule has 2 aromatic carbocycles. The Hall–Kier alpha value is -3.54. The van der Waals surface area contributed by atoms with Crippen LogP contribution in [0.4, 0.5) is 10.2 Å². The van der Waals surface area contributed by atoms with Crippen LogP contribution in [0.1, 0.15) is 35.6 Å². The van der Waals surface area contributed by atoms with Gasteiger partial charge in [-0.3, -0.25) is 9.36 Å². The number of morpholine rings is 1. The third-order valence-electron chi connectivity index (χ3n) is 6.63. The molecule has 7 nitrogen and oxygen atoms in total. The van der Waals surface area contributed by atoms with Gasteiger partial charge in [-0.1, -0.05) is 12.1 Å². The zero-order chi connectivity index (χ0) is 24.2. The lowest BCUT2D eigenvalue weighted by Gasteiger charge is -2.28. The third-order valence-corrected chi connectivity index (χ3v) is 6.63. The van der Waals surface area contributed by atoms with E-state index in [1.54, 1.807) is 28.8 Å². The molecule has 2 heterocycles. The van der Waals surface area contributed by atoms with Gasteiger partial charge in [0.05, 0.1) is 30.5 Å². The van der Waals surface area contributed by atoms with Crippen LogP contribution in [0.2, 0.25) is 0 Å². The fourth-order valence-electron chi connectivity index (χ4n) is 4.57. The fourth-order valence-corrected chi connectivity index (χ4v) is 4.57. The number of anilines is 1. The topological polar surface area (TPSA) is 83.2 Å². The van der Waals surface area contributed by atoms with Gasteiger partial charge in [-0.15, -0.1) is 0 Å². The van der Waals surface area contributed by atoms with E-state index in [-0.39, 0.29) is 11.4 Å². The highest BCUT2D eigenvalue weighted by Crippen LogP contribution is 2.40. The molecule has 3 aromatic rings. The highest BCUT2D eigenvalue weighted by atomic mass is 19.1. The van der Waals surface area contributed by atoms with Crippen molar-refractivity contribution in [2.45, 2.75) is 31.2 Å². The average molecular weight is 474 g/mol. The summed E-state index contributed by atoms with van der Waals surface area (Å²) in [6, 6.07) is 16.3. The molecule has 1 aliphatic carbocycles. The molecule has 0 unspecified atom stereocenters. The van der Waals surface area contributed by atoms with Gasteiger partial charge in [0.15, 0.2) is 5.82 Å². The summed E-state index contributed by atoms with van der Waals surface area (Å²) in [7, 11) is 0. The Kier molecular flexibility index (Phi) is 6.89. The van der Waals surface area contributed by atoms with E-state index in [1.165, 1.54) is 17.7 Å². The minimum atomic E-state index is -0.204. The summed E-state index contributed by atoms with van der Waals surface area (Å²) in [4.78, 5) is 20.0. The normalized spacial score (nSPS) is 19.4. The molecule has 1 saturated heterocycles. The summed E-state index contributed by atoms with van der Waals surface area (Å²) < 4.78 is 20.2. The van der Waals surface area contributed by atoms with Crippen molar-refractivity contribution in [3.63, 3.8) is 0 Å². The number of nitriles is 1. The molecule has 5 rings (SSSR count). The molecule has 8 heteroatoms. The number of nitrogens with zero attached hydrogens (tertiary/aromatic N) is 4. The van der Waals surface area contributed by atoms with Crippen molar-refractivity contribution in [2.75, 3.05) is 37.7 Å². The first-order valence-electron chi connectivity index (χ1n) is 12.1. The maximum atomic E-state index is 13.3. The van der Waals surface area contributed by atoms with Crippen LogP contribution in [-0.2, 0) is 11.2 Å². The molecule has 0 radical (unpaired) electrons. The quantitative estimate of drug-likeness (QED) is 0.506. The van der Waals surface area contributed by atoms with E-state index in [9.17, 15) is 9.18 Å². The molecule has 180 valence electrons. The molecule has 0 spiro atoms. The van der Waals surface area contributed by atoms with E-state index >= 15 is 0 Å². The molecule has 1 aliphatic heterocycles. The van der Waals surface area contributed by atoms with Crippen molar-refractivity contribution < 1.29 is 9.13 Å². The molecule has 1 aromatic heterocycles. The summed E-state index contributed by atoms with van der Waals surface area (Å²) in [5.41, 5.74) is 3.12. The lowest BCUT2D eigenvalue weighted by atomic mass is 10.1. The number of aryl methyl sites for hydroxylation is 1. The molecular weight excluding hydrogens is 445 g/mol. The summed E-state index contributed by atoms with van der Waals surface area (Å²) in [5.74, 6) is 0.687. The van der Waals surface area contributed by atoms with Crippen LogP contribution in [0.3, 0.4) is 0 Å². The van der Waals surface area contributed by atoms with E-state index in [2.05, 4.69) is 11.4 Å². The van der Waals surface area contributed by atoms with Crippen LogP contribution in [0, 0.1) is 17.1 Å². The molecule has 35 heavy (non-hydrogen) atoms. The van der Waals surface area contributed by atoms with Gasteiger partial charge in [0.25, 0.3) is 5.56 Å². The zero-order valence-corrected chi connectivity index (χ0v) is 19.5. The van der Waals surface area contributed by atoms with Crippen molar-refractivity contribution in [1.29, 1.82) is 5.26 Å². The van der Waals surface area contributed by atoms with Gasteiger partial charge >= 0.3 is 0 Å². The first-order valence-corrected chi connectivity index (χ1v) is 12.1. The molecule has 0 amide bonds. The number of halogens is 1. The summed E-state index contributed by atoms with van der Waals surface area (Å²) in [6.45, 7) is 3.25.